The molecular weight excluding hydrogens is 308 g/mol. The average molecular weight is 351 g/mol. The van der Waals surface area contributed by atoms with Crippen LogP contribution < -0.4 is 0 Å². The summed E-state index contributed by atoms with van der Waals surface area (Å²) in [5.41, 5.74) is 0. The van der Waals surface area contributed by atoms with E-state index in [0.717, 1.165) is 45.3 Å². The van der Waals surface area contributed by atoms with Gasteiger partial charge in [0.1, 0.15) is 0 Å². The second-order valence-corrected chi connectivity index (χ2v) is 7.50. The minimum Gasteiger partial charge on any atom is -0.348 e. The zero-order chi connectivity index (χ0) is 18.1. The van der Waals surface area contributed by atoms with Crippen LogP contribution >= 0.6 is 0 Å². The van der Waals surface area contributed by atoms with Gasteiger partial charge in [0.15, 0.2) is 5.79 Å². The Kier molecular flexibility index (Phi) is 14.2. The lowest BCUT2D eigenvalue weighted by atomic mass is 10.00. The van der Waals surface area contributed by atoms with E-state index in [2.05, 4.69) is 25.7 Å². The summed E-state index contributed by atoms with van der Waals surface area (Å²) in [4.78, 5) is 0. The summed E-state index contributed by atoms with van der Waals surface area (Å²) >= 11 is 0. The molecule has 2 nitrogen and oxygen atoms in total. The zero-order valence-corrected chi connectivity index (χ0v) is 17.0. The number of ether oxygens (including phenoxy) is 2. The van der Waals surface area contributed by atoms with Crippen molar-refractivity contribution in [1.29, 1.82) is 0 Å². The minimum absolute atomic E-state index is 0.286. The van der Waals surface area contributed by atoms with E-state index < -0.39 is 0 Å². The van der Waals surface area contributed by atoms with Crippen LogP contribution in [-0.4, -0.2) is 19.0 Å². The molecule has 0 amide bonds. The number of hydrogen-bond acceptors (Lipinski definition) is 2. The van der Waals surface area contributed by atoms with Crippen molar-refractivity contribution in [2.75, 3.05) is 13.2 Å². The first kappa shape index (κ1) is 22.5. The summed E-state index contributed by atoms with van der Waals surface area (Å²) in [6.45, 7) is 6.04. The van der Waals surface area contributed by atoms with Crippen molar-refractivity contribution in [1.82, 2.24) is 0 Å². The van der Waals surface area contributed by atoms with Crippen LogP contribution in [0, 0.1) is 11.8 Å². The third-order valence-electron chi connectivity index (χ3n) is 5.11. The monoisotopic (exact) mass is 350 g/mol. The summed E-state index contributed by atoms with van der Waals surface area (Å²) < 4.78 is 12.0. The van der Waals surface area contributed by atoms with Gasteiger partial charge in [-0.05, 0) is 19.3 Å². The highest BCUT2D eigenvalue weighted by molar-refractivity contribution is 4.98. The summed E-state index contributed by atoms with van der Waals surface area (Å²) in [6, 6.07) is 0. The van der Waals surface area contributed by atoms with Crippen LogP contribution in [-0.2, 0) is 9.47 Å². The van der Waals surface area contributed by atoms with Gasteiger partial charge in [0.25, 0.3) is 0 Å². The van der Waals surface area contributed by atoms with Gasteiger partial charge in [-0.1, -0.05) is 71.6 Å². The molecule has 25 heavy (non-hydrogen) atoms. The SMILES string of the molecule is CCCCCC#CCCCC1(CCCCCCCCCC)OCCO1. The van der Waals surface area contributed by atoms with Gasteiger partial charge < -0.3 is 9.47 Å². The smallest absolute Gasteiger partial charge is 0.168 e. The quantitative estimate of drug-likeness (QED) is 0.233. The van der Waals surface area contributed by atoms with Gasteiger partial charge in [-0.3, -0.25) is 0 Å². The molecule has 1 saturated heterocycles. The van der Waals surface area contributed by atoms with E-state index in [1.807, 2.05) is 0 Å². The Morgan fingerprint density at radius 2 is 1.08 bits per heavy atom. The Morgan fingerprint density at radius 1 is 0.600 bits per heavy atom. The highest BCUT2D eigenvalue weighted by Crippen LogP contribution is 2.31. The number of rotatable bonds is 15. The Bertz CT molecular complexity index is 347. The molecule has 0 spiro atoms. The van der Waals surface area contributed by atoms with E-state index in [4.69, 9.17) is 9.47 Å². The third-order valence-corrected chi connectivity index (χ3v) is 5.11. The molecule has 1 rings (SSSR count). The van der Waals surface area contributed by atoms with Crippen LogP contribution in [0.2, 0.25) is 0 Å². The Labute approximate surface area is 157 Å². The van der Waals surface area contributed by atoms with E-state index in [1.54, 1.807) is 0 Å². The molecule has 0 aromatic rings. The van der Waals surface area contributed by atoms with Gasteiger partial charge in [0, 0.05) is 25.7 Å². The fourth-order valence-corrected chi connectivity index (χ4v) is 3.53. The van der Waals surface area contributed by atoms with Crippen LogP contribution in [0.4, 0.5) is 0 Å². The van der Waals surface area contributed by atoms with Crippen molar-refractivity contribution in [2.24, 2.45) is 0 Å². The maximum Gasteiger partial charge on any atom is 0.168 e. The van der Waals surface area contributed by atoms with Crippen molar-refractivity contribution in [2.45, 2.75) is 122 Å². The molecule has 0 atom stereocenters. The first-order valence-corrected chi connectivity index (χ1v) is 11.1. The van der Waals surface area contributed by atoms with E-state index in [0.29, 0.717) is 0 Å². The predicted molar refractivity (Wildman–Crippen MR) is 108 cm³/mol. The molecule has 1 aliphatic heterocycles. The zero-order valence-electron chi connectivity index (χ0n) is 17.0. The fraction of sp³-hybridized carbons (Fsp3) is 0.913. The molecule has 0 N–H and O–H groups in total. The second kappa shape index (κ2) is 15.7. The van der Waals surface area contributed by atoms with Crippen LogP contribution in [0.5, 0.6) is 0 Å². The van der Waals surface area contributed by atoms with Gasteiger partial charge in [-0.15, -0.1) is 11.8 Å². The summed E-state index contributed by atoms with van der Waals surface area (Å²) in [6.07, 6.45) is 19.9. The van der Waals surface area contributed by atoms with Crippen LogP contribution in [0.25, 0.3) is 0 Å². The van der Waals surface area contributed by atoms with Crippen molar-refractivity contribution in [3.05, 3.63) is 0 Å². The van der Waals surface area contributed by atoms with Crippen LogP contribution in [0.3, 0.4) is 0 Å². The maximum atomic E-state index is 5.99. The molecule has 0 aromatic heterocycles. The van der Waals surface area contributed by atoms with Crippen molar-refractivity contribution in [3.63, 3.8) is 0 Å². The molecule has 0 aliphatic carbocycles. The summed E-state index contributed by atoms with van der Waals surface area (Å²) in [7, 11) is 0. The van der Waals surface area contributed by atoms with Crippen LogP contribution in [0.1, 0.15) is 117 Å². The van der Waals surface area contributed by atoms with Gasteiger partial charge >= 0.3 is 0 Å². The van der Waals surface area contributed by atoms with E-state index in [-0.39, 0.29) is 5.79 Å². The molecular formula is C23H42O2. The predicted octanol–water partition coefficient (Wildman–Crippen LogP) is 7.01. The van der Waals surface area contributed by atoms with Crippen LogP contribution in [0.15, 0.2) is 0 Å². The number of unbranched alkanes of at least 4 members (excludes halogenated alkanes) is 11. The van der Waals surface area contributed by atoms with E-state index in [9.17, 15) is 0 Å². The summed E-state index contributed by atoms with van der Waals surface area (Å²) in [5, 5.41) is 0. The van der Waals surface area contributed by atoms with Crippen molar-refractivity contribution >= 4 is 0 Å². The molecule has 0 unspecified atom stereocenters. The molecule has 0 aromatic carbocycles. The topological polar surface area (TPSA) is 18.5 Å². The Hall–Kier alpha value is -0.520. The Balaban J connectivity index is 2.08. The highest BCUT2D eigenvalue weighted by atomic mass is 16.7. The standard InChI is InChI=1S/C23H42O2/c1-3-5-7-9-11-13-15-17-19-23(24-21-22-25-23)20-18-16-14-12-10-8-6-4-2/h3-11,13,15-22H2,1-2H3. The van der Waals surface area contributed by atoms with Gasteiger partial charge in [0.2, 0.25) is 0 Å². The average Bonchev–Trinajstić information content (AvgIpc) is 3.09. The second-order valence-electron chi connectivity index (χ2n) is 7.50. The molecule has 2 heteroatoms. The Morgan fingerprint density at radius 3 is 1.72 bits per heavy atom. The molecule has 1 aliphatic rings. The lowest BCUT2D eigenvalue weighted by Crippen LogP contribution is -2.29. The fourth-order valence-electron chi connectivity index (χ4n) is 3.53. The highest BCUT2D eigenvalue weighted by Gasteiger charge is 2.34. The van der Waals surface area contributed by atoms with E-state index in [1.165, 1.54) is 70.6 Å². The summed E-state index contributed by atoms with van der Waals surface area (Å²) in [5.74, 6) is 6.35. The van der Waals surface area contributed by atoms with E-state index >= 15 is 0 Å². The number of hydrogen-bond donors (Lipinski definition) is 0. The molecule has 0 saturated carbocycles. The molecule has 1 fully saturated rings. The largest absolute Gasteiger partial charge is 0.348 e. The van der Waals surface area contributed by atoms with Gasteiger partial charge in [-0.25, -0.2) is 0 Å². The maximum absolute atomic E-state index is 5.99. The van der Waals surface area contributed by atoms with Crippen molar-refractivity contribution in [3.8, 4) is 11.8 Å². The lowest BCUT2D eigenvalue weighted by Gasteiger charge is -2.27. The van der Waals surface area contributed by atoms with Crippen molar-refractivity contribution < 1.29 is 9.47 Å². The molecule has 1 heterocycles. The first-order valence-electron chi connectivity index (χ1n) is 11.1. The van der Waals surface area contributed by atoms with Gasteiger partial charge in [0.05, 0.1) is 13.2 Å². The normalized spacial score (nSPS) is 15.9. The third kappa shape index (κ3) is 11.7. The molecule has 0 bridgehead atoms. The molecule has 0 radical (unpaired) electrons. The lowest BCUT2D eigenvalue weighted by molar-refractivity contribution is -0.168. The van der Waals surface area contributed by atoms with Gasteiger partial charge in [-0.2, -0.15) is 0 Å². The minimum atomic E-state index is -0.286. The molecule has 146 valence electrons. The first-order chi connectivity index (χ1) is 12.3.